The third-order valence-corrected chi connectivity index (χ3v) is 8.10. The lowest BCUT2D eigenvalue weighted by molar-refractivity contribution is 0.0600. The molecule has 2 aromatic carbocycles. The first-order valence-corrected chi connectivity index (χ1v) is 15.7. The maximum Gasteiger partial charge on any atom is 0.337 e. The van der Waals surface area contributed by atoms with Crippen LogP contribution in [0.15, 0.2) is 42.5 Å². The van der Waals surface area contributed by atoms with Crippen molar-refractivity contribution in [1.29, 1.82) is 0 Å². The average Bonchev–Trinajstić information content (AvgIpc) is 3.33. The van der Waals surface area contributed by atoms with Gasteiger partial charge in [-0.2, -0.15) is 0 Å². The number of piperidine rings is 1. The Balaban J connectivity index is 1.61. The van der Waals surface area contributed by atoms with E-state index in [2.05, 4.69) is 42.5 Å². The summed E-state index contributed by atoms with van der Waals surface area (Å²) in [4.78, 5) is 35.2. The summed E-state index contributed by atoms with van der Waals surface area (Å²) in [7, 11) is 1.38. The van der Waals surface area contributed by atoms with Gasteiger partial charge < -0.3 is 24.4 Å². The molecule has 0 saturated carbocycles. The topological polar surface area (TPSA) is 79.7 Å². The van der Waals surface area contributed by atoms with Gasteiger partial charge in [0, 0.05) is 30.9 Å². The number of hydrogen-bond donors (Lipinski definition) is 1. The van der Waals surface area contributed by atoms with Crippen LogP contribution in [0.4, 0.5) is 11.6 Å². The smallest absolute Gasteiger partial charge is 0.337 e. The molecule has 0 radical (unpaired) electrons. The summed E-state index contributed by atoms with van der Waals surface area (Å²) < 4.78 is 7.04. The molecular formula is C34H49N5O3. The molecule has 8 heteroatoms. The maximum absolute atomic E-state index is 13.8. The molecule has 3 aromatic rings. The van der Waals surface area contributed by atoms with Crippen molar-refractivity contribution >= 4 is 34.5 Å². The number of aromatic nitrogens is 2. The first kappa shape index (κ1) is 31.5. The van der Waals surface area contributed by atoms with Gasteiger partial charge in [0.15, 0.2) is 0 Å². The fraction of sp³-hybridized carbons (Fsp3) is 0.559. The molecule has 2 heterocycles. The number of rotatable bonds is 14. The van der Waals surface area contributed by atoms with E-state index in [9.17, 15) is 9.59 Å². The Bertz CT molecular complexity index is 1300. The maximum atomic E-state index is 13.8. The molecule has 0 bridgehead atoms. The summed E-state index contributed by atoms with van der Waals surface area (Å²) in [5, 5.41) is 3.46. The number of hydrogen-bond acceptors (Lipinski definition) is 6. The van der Waals surface area contributed by atoms with Gasteiger partial charge in [-0.15, -0.1) is 0 Å². The van der Waals surface area contributed by atoms with E-state index in [1.807, 2.05) is 35.2 Å². The largest absolute Gasteiger partial charge is 0.465 e. The standard InChI is InChI=1S/C34H49N5O3/c1-25(2)16-22-38(23-17-26(3)4)32(40)28-12-15-30-31(24-28)39(21-9-20-37-18-7-6-8-19-37)34(36-30)35-29-13-10-27(11-14-29)33(41)42-5/h10-15,24-26H,6-9,16-23H2,1-5H3,(H,35,36). The molecule has 0 atom stereocenters. The molecule has 228 valence electrons. The fourth-order valence-electron chi connectivity index (χ4n) is 5.48. The van der Waals surface area contributed by atoms with Crippen LogP contribution in [0.5, 0.6) is 0 Å². The minimum atomic E-state index is -0.362. The molecule has 8 nitrogen and oxygen atoms in total. The molecule has 1 aliphatic heterocycles. The van der Waals surface area contributed by atoms with E-state index >= 15 is 0 Å². The molecule has 1 amide bonds. The Morgan fingerprint density at radius 1 is 0.905 bits per heavy atom. The van der Waals surface area contributed by atoms with Crippen LogP contribution in [-0.2, 0) is 11.3 Å². The van der Waals surface area contributed by atoms with Crippen LogP contribution in [0, 0.1) is 11.8 Å². The average molecular weight is 576 g/mol. The molecule has 0 aliphatic carbocycles. The summed E-state index contributed by atoms with van der Waals surface area (Å²) in [5.74, 6) is 1.54. The first-order valence-electron chi connectivity index (χ1n) is 15.7. The van der Waals surface area contributed by atoms with E-state index in [1.165, 1.54) is 39.5 Å². The monoisotopic (exact) mass is 575 g/mol. The van der Waals surface area contributed by atoms with Gasteiger partial charge in [0.25, 0.3) is 5.91 Å². The summed E-state index contributed by atoms with van der Waals surface area (Å²) in [6, 6.07) is 13.1. The van der Waals surface area contributed by atoms with E-state index in [0.29, 0.717) is 23.0 Å². The van der Waals surface area contributed by atoms with Gasteiger partial charge in [-0.05, 0) is 106 Å². The molecule has 42 heavy (non-hydrogen) atoms. The number of anilines is 2. The summed E-state index contributed by atoms with van der Waals surface area (Å²) >= 11 is 0. The summed E-state index contributed by atoms with van der Waals surface area (Å²) in [6.07, 6.45) is 6.85. The molecule has 1 N–H and O–H groups in total. The predicted molar refractivity (Wildman–Crippen MR) is 171 cm³/mol. The highest BCUT2D eigenvalue weighted by Gasteiger charge is 2.20. The molecule has 0 spiro atoms. The number of methoxy groups -OCH3 is 1. The molecule has 1 fully saturated rings. The summed E-state index contributed by atoms with van der Waals surface area (Å²) in [5.41, 5.74) is 3.86. The van der Waals surface area contributed by atoms with Crippen molar-refractivity contribution in [3.63, 3.8) is 0 Å². The van der Waals surface area contributed by atoms with Gasteiger partial charge in [-0.1, -0.05) is 34.1 Å². The van der Waals surface area contributed by atoms with E-state index in [4.69, 9.17) is 9.72 Å². The number of benzene rings is 2. The predicted octanol–water partition coefficient (Wildman–Crippen LogP) is 6.98. The Morgan fingerprint density at radius 3 is 2.17 bits per heavy atom. The second-order valence-electron chi connectivity index (χ2n) is 12.4. The zero-order chi connectivity index (χ0) is 30.1. The normalized spacial score (nSPS) is 14.1. The number of aryl methyl sites for hydroxylation is 1. The zero-order valence-corrected chi connectivity index (χ0v) is 26.2. The van der Waals surface area contributed by atoms with Crippen molar-refractivity contribution in [3.8, 4) is 0 Å². The number of nitrogens with zero attached hydrogens (tertiary/aromatic N) is 4. The second-order valence-corrected chi connectivity index (χ2v) is 12.4. The molecular weight excluding hydrogens is 526 g/mol. The number of imidazole rings is 1. The number of amides is 1. The fourth-order valence-corrected chi connectivity index (χ4v) is 5.48. The van der Waals surface area contributed by atoms with Gasteiger partial charge in [-0.3, -0.25) is 4.79 Å². The summed E-state index contributed by atoms with van der Waals surface area (Å²) in [6.45, 7) is 14.5. The zero-order valence-electron chi connectivity index (χ0n) is 26.2. The van der Waals surface area contributed by atoms with Gasteiger partial charge in [0.05, 0.1) is 23.7 Å². The van der Waals surface area contributed by atoms with E-state index in [1.54, 1.807) is 12.1 Å². The highest BCUT2D eigenvalue weighted by molar-refractivity contribution is 5.98. The number of fused-ring (bicyclic) bond motifs is 1. The van der Waals surface area contributed by atoms with Crippen molar-refractivity contribution in [2.24, 2.45) is 11.8 Å². The number of carbonyl (C=O) groups is 2. The highest BCUT2D eigenvalue weighted by atomic mass is 16.5. The van der Waals surface area contributed by atoms with E-state index < -0.39 is 0 Å². The lowest BCUT2D eigenvalue weighted by Gasteiger charge is -2.26. The molecule has 4 rings (SSSR count). The van der Waals surface area contributed by atoms with Crippen LogP contribution in [0.3, 0.4) is 0 Å². The Kier molecular flexibility index (Phi) is 11.4. The van der Waals surface area contributed by atoms with Gasteiger partial charge in [-0.25, -0.2) is 9.78 Å². The lowest BCUT2D eigenvalue weighted by Crippen LogP contribution is -2.34. The lowest BCUT2D eigenvalue weighted by atomic mass is 10.1. The molecule has 0 unspecified atom stereocenters. The highest BCUT2D eigenvalue weighted by Crippen LogP contribution is 2.26. The number of carbonyl (C=O) groups excluding carboxylic acids is 2. The van der Waals surface area contributed by atoms with Gasteiger partial charge in [0.2, 0.25) is 5.95 Å². The van der Waals surface area contributed by atoms with Crippen molar-refractivity contribution in [1.82, 2.24) is 19.4 Å². The van der Waals surface area contributed by atoms with Gasteiger partial charge in [0.1, 0.15) is 0 Å². The van der Waals surface area contributed by atoms with Crippen molar-refractivity contribution in [2.75, 3.05) is 45.2 Å². The SMILES string of the molecule is COC(=O)c1ccc(Nc2nc3ccc(C(=O)N(CCC(C)C)CCC(C)C)cc3n2CCCN2CCCCC2)cc1. The Hall–Kier alpha value is -3.39. The van der Waals surface area contributed by atoms with Crippen molar-refractivity contribution in [3.05, 3.63) is 53.6 Å². The molecule has 1 aliphatic rings. The molecule has 1 aromatic heterocycles. The third kappa shape index (κ3) is 8.57. The Labute approximate surface area is 251 Å². The molecule has 1 saturated heterocycles. The van der Waals surface area contributed by atoms with Crippen LogP contribution in [0.1, 0.15) is 86.9 Å². The third-order valence-electron chi connectivity index (χ3n) is 8.10. The van der Waals surface area contributed by atoms with Crippen LogP contribution in [0.25, 0.3) is 11.0 Å². The second kappa shape index (κ2) is 15.2. The number of ether oxygens (including phenoxy) is 1. The van der Waals surface area contributed by atoms with E-state index in [0.717, 1.165) is 68.1 Å². The van der Waals surface area contributed by atoms with Crippen LogP contribution in [0.2, 0.25) is 0 Å². The van der Waals surface area contributed by atoms with Crippen LogP contribution < -0.4 is 5.32 Å². The first-order chi connectivity index (χ1) is 20.2. The van der Waals surface area contributed by atoms with Crippen molar-refractivity contribution in [2.45, 2.75) is 72.8 Å². The van der Waals surface area contributed by atoms with Crippen LogP contribution in [-0.4, -0.2) is 71.1 Å². The van der Waals surface area contributed by atoms with E-state index in [-0.39, 0.29) is 11.9 Å². The Morgan fingerprint density at radius 2 is 1.55 bits per heavy atom. The van der Waals surface area contributed by atoms with Crippen molar-refractivity contribution < 1.29 is 14.3 Å². The minimum absolute atomic E-state index is 0.0900. The number of esters is 1. The minimum Gasteiger partial charge on any atom is -0.465 e. The number of nitrogens with one attached hydrogen (secondary N) is 1. The van der Waals surface area contributed by atoms with Crippen LogP contribution >= 0.6 is 0 Å². The van der Waals surface area contributed by atoms with Gasteiger partial charge >= 0.3 is 5.97 Å². The quantitative estimate of drug-likeness (QED) is 0.209. The number of likely N-dealkylation sites (tertiary alicyclic amines) is 1.